The Morgan fingerprint density at radius 3 is 2.68 bits per heavy atom. The lowest BCUT2D eigenvalue weighted by atomic mass is 9.92. The fraction of sp³-hybridized carbons (Fsp3) is 0.389. The molecule has 0 saturated carbocycles. The number of likely N-dealkylation sites (tertiary alicyclic amines) is 1. The number of carbonyl (C=O) groups excluding carboxylic acids is 1. The second kappa shape index (κ2) is 7.14. The lowest BCUT2D eigenvalue weighted by Crippen LogP contribution is -2.49. The molecule has 2 N–H and O–H groups in total. The molecular weight excluding hydrogens is 323 g/mol. The van der Waals surface area contributed by atoms with E-state index >= 15 is 0 Å². The number of hydrogen-bond acceptors (Lipinski definition) is 4. The first-order valence-electron chi connectivity index (χ1n) is 8.37. The van der Waals surface area contributed by atoms with Crippen LogP contribution in [0.4, 0.5) is 4.39 Å². The Labute approximate surface area is 145 Å². The van der Waals surface area contributed by atoms with Crippen LogP contribution in [0.15, 0.2) is 41.2 Å². The molecule has 25 heavy (non-hydrogen) atoms. The highest BCUT2D eigenvalue weighted by Crippen LogP contribution is 2.23. The average Bonchev–Trinajstić information content (AvgIpc) is 2.62. The Morgan fingerprint density at radius 2 is 2.00 bits per heavy atom. The summed E-state index contributed by atoms with van der Waals surface area (Å²) < 4.78 is 14.2. The van der Waals surface area contributed by atoms with Gasteiger partial charge < -0.3 is 10.6 Å². The summed E-state index contributed by atoms with van der Waals surface area (Å²) in [6.45, 7) is 3.17. The first-order valence-corrected chi connectivity index (χ1v) is 8.37. The number of rotatable bonds is 3. The molecule has 0 radical (unpaired) electrons. The smallest absolute Gasteiger partial charge is 0.274 e. The van der Waals surface area contributed by atoms with Gasteiger partial charge in [0.05, 0.1) is 5.69 Å². The fourth-order valence-electron chi connectivity index (χ4n) is 3.18. The van der Waals surface area contributed by atoms with E-state index in [1.54, 1.807) is 4.90 Å². The van der Waals surface area contributed by atoms with Gasteiger partial charge in [-0.3, -0.25) is 9.59 Å². The maximum absolute atomic E-state index is 13.1. The highest BCUT2D eigenvalue weighted by molar-refractivity contribution is 5.92. The van der Waals surface area contributed by atoms with Gasteiger partial charge in [-0.05, 0) is 49.1 Å². The standard InChI is InChI=1S/C18H21FN4O2/c1-12-8-9-22(15(10-12)11-20)18(25)16-6-7-17(24)23(21-16)14-4-2-13(19)3-5-14/h2-7,12,15H,8-11,20H2,1H3. The monoisotopic (exact) mass is 344 g/mol. The van der Waals surface area contributed by atoms with Gasteiger partial charge in [-0.15, -0.1) is 0 Å². The Morgan fingerprint density at radius 1 is 1.28 bits per heavy atom. The minimum Gasteiger partial charge on any atom is -0.333 e. The van der Waals surface area contributed by atoms with Crippen LogP contribution in [0.1, 0.15) is 30.3 Å². The molecule has 0 bridgehead atoms. The Kier molecular flexibility index (Phi) is 4.94. The molecule has 3 rings (SSSR count). The molecule has 1 saturated heterocycles. The summed E-state index contributed by atoms with van der Waals surface area (Å²) in [7, 11) is 0. The molecule has 0 spiro atoms. The van der Waals surface area contributed by atoms with Crippen LogP contribution >= 0.6 is 0 Å². The maximum Gasteiger partial charge on any atom is 0.274 e. The molecule has 1 aromatic heterocycles. The van der Waals surface area contributed by atoms with E-state index in [1.165, 1.54) is 36.4 Å². The molecule has 6 nitrogen and oxygen atoms in total. The van der Waals surface area contributed by atoms with E-state index in [4.69, 9.17) is 5.73 Å². The summed E-state index contributed by atoms with van der Waals surface area (Å²) in [4.78, 5) is 26.7. The van der Waals surface area contributed by atoms with E-state index in [9.17, 15) is 14.0 Å². The molecule has 7 heteroatoms. The van der Waals surface area contributed by atoms with Crippen LogP contribution in [0.2, 0.25) is 0 Å². The molecule has 1 aliphatic heterocycles. The van der Waals surface area contributed by atoms with Gasteiger partial charge in [0, 0.05) is 25.2 Å². The van der Waals surface area contributed by atoms with Crippen LogP contribution in [0.3, 0.4) is 0 Å². The van der Waals surface area contributed by atoms with Gasteiger partial charge in [0.25, 0.3) is 11.5 Å². The number of piperidine rings is 1. The SMILES string of the molecule is CC1CCN(C(=O)c2ccc(=O)n(-c3ccc(F)cc3)n2)C(CN)C1. The van der Waals surface area contributed by atoms with Gasteiger partial charge in [-0.1, -0.05) is 6.92 Å². The molecule has 2 aromatic rings. The van der Waals surface area contributed by atoms with E-state index in [2.05, 4.69) is 12.0 Å². The summed E-state index contributed by atoms with van der Waals surface area (Å²) in [6, 6.07) is 8.09. The number of hydrogen-bond donors (Lipinski definition) is 1. The Balaban J connectivity index is 1.92. The predicted octanol–water partition coefficient (Wildman–Crippen LogP) is 1.57. The Hall–Kier alpha value is -2.54. The highest BCUT2D eigenvalue weighted by atomic mass is 19.1. The van der Waals surface area contributed by atoms with Gasteiger partial charge in [-0.25, -0.2) is 4.39 Å². The van der Waals surface area contributed by atoms with E-state index in [1.807, 2.05) is 0 Å². The number of aromatic nitrogens is 2. The minimum atomic E-state index is -0.405. The van der Waals surface area contributed by atoms with Gasteiger partial charge in [0.2, 0.25) is 0 Å². The van der Waals surface area contributed by atoms with Crippen molar-refractivity contribution < 1.29 is 9.18 Å². The predicted molar refractivity (Wildman–Crippen MR) is 92.1 cm³/mol. The second-order valence-corrected chi connectivity index (χ2v) is 6.46. The van der Waals surface area contributed by atoms with Crippen molar-refractivity contribution in [1.29, 1.82) is 0 Å². The highest BCUT2D eigenvalue weighted by Gasteiger charge is 2.30. The normalized spacial score (nSPS) is 20.5. The zero-order chi connectivity index (χ0) is 18.0. The van der Waals surface area contributed by atoms with Crippen LogP contribution in [0.25, 0.3) is 5.69 Å². The second-order valence-electron chi connectivity index (χ2n) is 6.46. The van der Waals surface area contributed by atoms with E-state index in [0.717, 1.165) is 17.5 Å². The lowest BCUT2D eigenvalue weighted by Gasteiger charge is -2.37. The zero-order valence-electron chi connectivity index (χ0n) is 14.1. The van der Waals surface area contributed by atoms with Crippen molar-refractivity contribution in [3.63, 3.8) is 0 Å². The van der Waals surface area contributed by atoms with Gasteiger partial charge >= 0.3 is 0 Å². The van der Waals surface area contributed by atoms with Crippen LogP contribution in [0, 0.1) is 11.7 Å². The molecule has 2 atom stereocenters. The molecule has 2 unspecified atom stereocenters. The summed E-state index contributed by atoms with van der Waals surface area (Å²) in [5.41, 5.74) is 6.03. The lowest BCUT2D eigenvalue weighted by molar-refractivity contribution is 0.0565. The van der Waals surface area contributed by atoms with E-state index in [-0.39, 0.29) is 23.2 Å². The molecule has 1 amide bonds. The molecule has 2 heterocycles. The van der Waals surface area contributed by atoms with Crippen molar-refractivity contribution in [2.75, 3.05) is 13.1 Å². The van der Waals surface area contributed by atoms with Crippen LogP contribution in [-0.2, 0) is 0 Å². The van der Waals surface area contributed by atoms with Gasteiger partial charge in [0.15, 0.2) is 0 Å². The van der Waals surface area contributed by atoms with Crippen molar-refractivity contribution in [3.05, 3.63) is 58.3 Å². The number of halogens is 1. The quantitative estimate of drug-likeness (QED) is 0.916. The van der Waals surface area contributed by atoms with Gasteiger partial charge in [0.1, 0.15) is 11.5 Å². The summed E-state index contributed by atoms with van der Waals surface area (Å²) in [5, 5.41) is 4.18. The summed E-state index contributed by atoms with van der Waals surface area (Å²) >= 11 is 0. The van der Waals surface area contributed by atoms with Crippen LogP contribution < -0.4 is 11.3 Å². The van der Waals surface area contributed by atoms with Crippen molar-refractivity contribution in [2.24, 2.45) is 11.7 Å². The van der Waals surface area contributed by atoms with Crippen molar-refractivity contribution in [3.8, 4) is 5.69 Å². The van der Waals surface area contributed by atoms with Crippen LogP contribution in [-0.4, -0.2) is 39.7 Å². The molecule has 1 aliphatic rings. The number of carbonyl (C=O) groups is 1. The number of benzene rings is 1. The minimum absolute atomic E-state index is 0.0238. The summed E-state index contributed by atoms with van der Waals surface area (Å²) in [6.07, 6.45) is 1.78. The van der Waals surface area contributed by atoms with Gasteiger partial charge in [-0.2, -0.15) is 9.78 Å². The molecule has 132 valence electrons. The van der Waals surface area contributed by atoms with Crippen LogP contribution in [0.5, 0.6) is 0 Å². The molecule has 0 aliphatic carbocycles. The molecular formula is C18H21FN4O2. The number of amides is 1. The molecule has 1 aromatic carbocycles. The number of nitrogens with two attached hydrogens (primary N) is 1. The third-order valence-electron chi connectivity index (χ3n) is 4.60. The largest absolute Gasteiger partial charge is 0.333 e. The van der Waals surface area contributed by atoms with Crippen molar-refractivity contribution >= 4 is 5.91 Å². The third kappa shape index (κ3) is 3.61. The van der Waals surface area contributed by atoms with Crippen molar-refractivity contribution in [2.45, 2.75) is 25.8 Å². The maximum atomic E-state index is 13.1. The Bertz CT molecular complexity index is 819. The fourth-order valence-corrected chi connectivity index (χ4v) is 3.18. The van der Waals surface area contributed by atoms with E-state index in [0.29, 0.717) is 24.7 Å². The third-order valence-corrected chi connectivity index (χ3v) is 4.60. The number of nitrogens with zero attached hydrogens (tertiary/aromatic N) is 3. The first-order chi connectivity index (χ1) is 12.0. The topological polar surface area (TPSA) is 81.2 Å². The first kappa shape index (κ1) is 17.3. The molecule has 1 fully saturated rings. The average molecular weight is 344 g/mol. The zero-order valence-corrected chi connectivity index (χ0v) is 14.1. The van der Waals surface area contributed by atoms with Crippen molar-refractivity contribution in [1.82, 2.24) is 14.7 Å². The van der Waals surface area contributed by atoms with E-state index < -0.39 is 5.82 Å². The summed E-state index contributed by atoms with van der Waals surface area (Å²) in [5.74, 6) is -0.116.